The molecule has 0 aromatic heterocycles. The van der Waals surface area contributed by atoms with Crippen LogP contribution in [0.15, 0.2) is 10.2 Å². The highest BCUT2D eigenvalue weighted by Gasteiger charge is 2.74. The van der Waals surface area contributed by atoms with Gasteiger partial charge in [0.25, 0.3) is 0 Å². The number of hydrogen-bond acceptors (Lipinski definition) is 23. The maximum absolute atomic E-state index is 13.2. The lowest BCUT2D eigenvalue weighted by Gasteiger charge is -2.66. The molecule has 0 aromatic rings. The van der Waals surface area contributed by atoms with E-state index in [0.717, 1.165) is 0 Å². The van der Waals surface area contributed by atoms with E-state index in [1.165, 1.54) is 14.2 Å². The first kappa shape index (κ1) is 84.8. The van der Waals surface area contributed by atoms with Crippen LogP contribution in [0.4, 0.5) is 0 Å². The average Bonchev–Trinajstić information content (AvgIpc) is 0.750. The van der Waals surface area contributed by atoms with Crippen LogP contribution in [0.3, 0.4) is 0 Å². The Bertz CT molecular complexity index is 2450. The van der Waals surface area contributed by atoms with Gasteiger partial charge in [-0.05, 0) is 120 Å². The Morgan fingerprint density at radius 1 is 0.489 bits per heavy atom. The molecule has 0 spiro atoms. The van der Waals surface area contributed by atoms with E-state index in [1.54, 1.807) is 96.9 Å². The molecule has 29 nitrogen and oxygen atoms in total. The van der Waals surface area contributed by atoms with E-state index in [4.69, 9.17) is 71.3 Å². The number of methoxy groups -OCH3 is 2. The second-order valence-electron chi connectivity index (χ2n) is 28.4. The molecule has 16 N–H and O–H groups in total. The molecule has 4 aliphatic rings. The summed E-state index contributed by atoms with van der Waals surface area (Å²) in [6.07, 6.45) is -1.39. The Kier molecular flexibility index (Phi) is 28.9. The maximum atomic E-state index is 13.2. The molecule has 4 rings (SSSR count). The van der Waals surface area contributed by atoms with Gasteiger partial charge in [0.2, 0.25) is 5.91 Å². The van der Waals surface area contributed by atoms with Crippen molar-refractivity contribution in [3.63, 3.8) is 0 Å². The van der Waals surface area contributed by atoms with E-state index in [2.05, 4.69) is 25.4 Å². The summed E-state index contributed by atoms with van der Waals surface area (Å²) in [4.78, 5) is 28.2. The minimum atomic E-state index is -1.64. The van der Waals surface area contributed by atoms with Gasteiger partial charge in [0.1, 0.15) is 22.4 Å². The number of nitrogens with two attached hydrogens (primary N) is 3. The number of carboxylic acid groups (broad SMARTS) is 1. The molecule has 1 amide bonds. The lowest BCUT2D eigenvalue weighted by molar-refractivity contribution is -0.336. The number of rotatable bonds is 27. The minimum Gasteiger partial charge on any atom is -0.481 e. The van der Waals surface area contributed by atoms with Crippen LogP contribution in [-0.4, -0.2) is 243 Å². The normalized spacial score (nSPS) is 44.8. The summed E-state index contributed by atoms with van der Waals surface area (Å²) >= 11 is 0. The number of carboxylic acids is 1. The molecule has 0 saturated carbocycles. The zero-order valence-electron chi connectivity index (χ0n) is 57.1. The second kappa shape index (κ2) is 30.7. The molecule has 0 radical (unpaired) electrons. The number of ether oxygens (including phenoxy) is 8. The van der Waals surface area contributed by atoms with Crippen LogP contribution in [-0.2, 0) is 47.5 Å². The van der Waals surface area contributed by atoms with Crippen LogP contribution in [0.25, 0.3) is 20.9 Å². The average molecular weight is 1300 g/mol. The van der Waals surface area contributed by atoms with E-state index in [0.29, 0.717) is 25.7 Å². The van der Waals surface area contributed by atoms with Gasteiger partial charge >= 0.3 is 5.97 Å². The van der Waals surface area contributed by atoms with E-state index in [9.17, 15) is 50.4 Å². The number of aliphatic hydroxyl groups is 8. The van der Waals surface area contributed by atoms with Crippen molar-refractivity contribution in [1.29, 1.82) is 0 Å². The van der Waals surface area contributed by atoms with Crippen molar-refractivity contribution in [3.8, 4) is 0 Å². The van der Waals surface area contributed by atoms with Crippen LogP contribution in [0.1, 0.15) is 171 Å². The third-order valence-electron chi connectivity index (χ3n) is 23.6. The molecule has 4 heterocycles. The summed E-state index contributed by atoms with van der Waals surface area (Å²) in [6, 6.07) is 0. The monoisotopic (exact) mass is 1300 g/mol. The maximum Gasteiger partial charge on any atom is 0.303 e. The predicted octanol–water partition coefficient (Wildman–Crippen LogP) is 3.66. The zero-order chi connectivity index (χ0) is 69.4. The number of amides is 1. The number of azide groups is 2. The smallest absolute Gasteiger partial charge is 0.303 e. The topological polar surface area (TPSA) is 478 Å². The van der Waals surface area contributed by atoms with E-state index < -0.39 is 126 Å². The molecule has 0 aliphatic carbocycles. The molecule has 0 aromatic carbocycles. The van der Waals surface area contributed by atoms with Gasteiger partial charge in [0, 0.05) is 71.6 Å². The van der Waals surface area contributed by atoms with Crippen molar-refractivity contribution in [3.05, 3.63) is 20.9 Å². The third kappa shape index (κ3) is 14.3. The van der Waals surface area contributed by atoms with Crippen LogP contribution in [0.5, 0.6) is 0 Å². The van der Waals surface area contributed by atoms with Crippen molar-refractivity contribution in [2.45, 2.75) is 262 Å². The second-order valence-corrected chi connectivity index (χ2v) is 28.4. The Labute approximate surface area is 534 Å². The fourth-order valence-corrected chi connectivity index (χ4v) is 14.0. The van der Waals surface area contributed by atoms with Gasteiger partial charge in [0.15, 0.2) is 0 Å². The standard InChI is InChI=1S/C30H57N5O9.C26H52N2O8.C4H7N3O2.CH4/c1-11-23(2)20(15-36)44-26(5,28(7,30(23,9)40)34-22(38)13-12-14-33-35-32)19-42-17-24(3)21(16-37)43-25(4,18-41-10)27(6,31)29(24,8)39;1-11-19(2)17(12-29)35-22(5,24(7,28)25(19,8)31)16-34-14-20(3)18(13-30)36-21(4,15-33-10)23(6,27)26(20,9)32;5-7-6-3-1-2-4(8)9;/h20-21,36-37,39-40H,11-19,31H2,1-10H3,(H,34,38);17-18,29-32H,11-16,27-28H2,1-10H3;1-3H2,(H,8,9);1H4/t20?,21?,23-,24-,25+,26+,27?,28?,29-,30-;17?,18?,19-,20-,21+,22+,23?,24?,25-,26-;;/m11../s1. The molecular formula is C61H120N10O19. The number of nitrogens with zero attached hydrogens (tertiary/aromatic N) is 6. The van der Waals surface area contributed by atoms with Gasteiger partial charge in [-0.25, -0.2) is 0 Å². The number of nitrogens with one attached hydrogen (secondary N) is 1. The summed E-state index contributed by atoms with van der Waals surface area (Å²) in [5.41, 5.74) is 16.1. The summed E-state index contributed by atoms with van der Waals surface area (Å²) in [7, 11) is 3.03. The van der Waals surface area contributed by atoms with Gasteiger partial charge in [-0.3, -0.25) is 9.59 Å². The van der Waals surface area contributed by atoms with E-state index >= 15 is 0 Å². The van der Waals surface area contributed by atoms with Crippen molar-refractivity contribution < 1.29 is 93.4 Å². The predicted molar refractivity (Wildman–Crippen MR) is 338 cm³/mol. The highest BCUT2D eigenvalue weighted by molar-refractivity contribution is 5.77. The first-order chi connectivity index (χ1) is 40.5. The summed E-state index contributed by atoms with van der Waals surface area (Å²) in [6.45, 7) is 29.9. The fourth-order valence-electron chi connectivity index (χ4n) is 14.0. The number of aliphatic hydroxyl groups excluding tert-OH is 4. The highest BCUT2D eigenvalue weighted by atomic mass is 16.6. The molecule has 4 aliphatic heterocycles. The summed E-state index contributed by atoms with van der Waals surface area (Å²) < 4.78 is 48.7. The van der Waals surface area contributed by atoms with Crippen LogP contribution in [0.2, 0.25) is 0 Å². The molecule has 0 bridgehead atoms. The van der Waals surface area contributed by atoms with Gasteiger partial charge in [0.05, 0.1) is 135 Å². The molecule has 4 saturated heterocycles. The zero-order valence-corrected chi connectivity index (χ0v) is 57.1. The number of aliphatic carboxylic acids is 1. The lowest BCUT2D eigenvalue weighted by Crippen LogP contribution is -2.84. The van der Waals surface area contributed by atoms with Gasteiger partial charge in [-0.15, -0.1) is 0 Å². The number of hydrogen-bond donors (Lipinski definition) is 13. The lowest BCUT2D eigenvalue weighted by atomic mass is 9.53. The molecule has 8 unspecified atom stereocenters. The Hall–Kier alpha value is -3.20. The van der Waals surface area contributed by atoms with Crippen molar-refractivity contribution in [2.75, 3.05) is 93.4 Å². The molecular weight excluding hydrogens is 1180 g/mol. The van der Waals surface area contributed by atoms with Crippen LogP contribution >= 0.6 is 0 Å². The Morgan fingerprint density at radius 3 is 1.09 bits per heavy atom. The van der Waals surface area contributed by atoms with Crippen molar-refractivity contribution >= 4 is 11.9 Å². The van der Waals surface area contributed by atoms with Gasteiger partial charge in [-0.2, -0.15) is 0 Å². The van der Waals surface area contributed by atoms with Gasteiger partial charge < -0.3 is 106 Å². The van der Waals surface area contributed by atoms with E-state index in [-0.39, 0.29) is 98.7 Å². The summed E-state index contributed by atoms with van der Waals surface area (Å²) in [5, 5.41) is 107. The first-order valence-corrected chi connectivity index (χ1v) is 30.6. The largest absolute Gasteiger partial charge is 0.481 e. The first-order valence-electron chi connectivity index (χ1n) is 30.6. The van der Waals surface area contributed by atoms with Crippen molar-refractivity contribution in [1.82, 2.24) is 5.32 Å². The Balaban J connectivity index is 0.000000793. The minimum absolute atomic E-state index is 0. The molecule has 20 atom stereocenters. The quantitative estimate of drug-likeness (QED) is 0.0241. The summed E-state index contributed by atoms with van der Waals surface area (Å²) in [5.74, 6) is -1.24. The molecule has 90 heavy (non-hydrogen) atoms. The van der Waals surface area contributed by atoms with Crippen molar-refractivity contribution in [2.24, 2.45) is 49.1 Å². The number of carbonyl (C=O) groups is 2. The molecule has 528 valence electrons. The van der Waals surface area contributed by atoms with Crippen LogP contribution < -0.4 is 22.5 Å². The highest BCUT2D eigenvalue weighted by Crippen LogP contribution is 2.59. The van der Waals surface area contributed by atoms with E-state index in [1.807, 2.05) is 27.7 Å². The molecule has 29 heteroatoms. The third-order valence-corrected chi connectivity index (χ3v) is 23.6. The fraction of sp³-hybridized carbons (Fsp3) is 0.967. The van der Waals surface area contributed by atoms with Gasteiger partial charge in [-0.1, -0.05) is 59.2 Å². The SMILES string of the molecule is C.CC[C@]1(C)C(CO)O[C@@](C)(COC[C@]2(C)C(CO)O[C@@](C)(COC)C(C)(N)[C@]2(C)O)C(C)(N)[C@]1(C)O.CC[C@]1(C)C(CO)O[C@@](C)(COC[C@]2(C)C(CO)O[C@@](C)(COC)C(C)(N)[C@]2(C)O)C(C)(NC(=O)CCCN=[N+]=[N-])[C@]1(C)O.[N-]=[N+]=NCCCC(=O)O. The number of carbonyl (C=O) groups excluding carboxylic acids is 1. The molecule has 4 fully saturated rings. The Morgan fingerprint density at radius 2 is 0.778 bits per heavy atom. The van der Waals surface area contributed by atoms with Crippen LogP contribution in [0, 0.1) is 21.7 Å².